The molecule has 0 fully saturated rings. The highest BCUT2D eigenvalue weighted by Gasteiger charge is 2.40. The third kappa shape index (κ3) is 3.45. The minimum Gasteiger partial charge on any atom is -0.454 e. The van der Waals surface area contributed by atoms with Crippen LogP contribution in [0.25, 0.3) is 16.6 Å². The Morgan fingerprint density at radius 1 is 1.08 bits per heavy atom. The van der Waals surface area contributed by atoms with E-state index < -0.39 is 11.5 Å². The third-order valence-electron chi connectivity index (χ3n) is 7.24. The van der Waals surface area contributed by atoms with Crippen molar-refractivity contribution in [3.8, 4) is 23.1 Å². The van der Waals surface area contributed by atoms with Gasteiger partial charge >= 0.3 is 5.63 Å². The Kier molecular flexibility index (Phi) is 4.82. The molecule has 2 aromatic carbocycles. The lowest BCUT2D eigenvalue weighted by Crippen LogP contribution is -2.26. The van der Waals surface area contributed by atoms with Gasteiger partial charge in [0.05, 0.1) is 16.5 Å². The summed E-state index contributed by atoms with van der Waals surface area (Å²) >= 11 is 0. The van der Waals surface area contributed by atoms with Crippen molar-refractivity contribution in [2.24, 2.45) is 5.92 Å². The number of benzene rings is 2. The molecular formula is C29H26N4O5. The number of hydrogen-bond donors (Lipinski definition) is 0. The number of fused-ring (bicyclic) bond motifs is 7. The second-order valence-corrected chi connectivity index (χ2v) is 11.0. The first kappa shape index (κ1) is 22.8. The van der Waals surface area contributed by atoms with Gasteiger partial charge in [0.25, 0.3) is 0 Å². The number of nitrogens with zero attached hydrogens (tertiary/aromatic N) is 4. The predicted molar refractivity (Wildman–Crippen MR) is 139 cm³/mol. The average Bonchev–Trinajstić information content (AvgIpc) is 3.54. The average molecular weight is 511 g/mol. The summed E-state index contributed by atoms with van der Waals surface area (Å²) in [5.41, 5.74) is 2.68. The van der Waals surface area contributed by atoms with Gasteiger partial charge in [-0.1, -0.05) is 45.9 Å². The fraction of sp³-hybridized carbons (Fsp3) is 0.310. The first-order chi connectivity index (χ1) is 18.3. The summed E-state index contributed by atoms with van der Waals surface area (Å²) in [4.78, 5) is 23.1. The van der Waals surface area contributed by atoms with Crippen LogP contribution < -0.4 is 19.8 Å². The molecule has 0 N–H and O–H groups in total. The molecule has 5 heterocycles. The topological polar surface area (TPSA) is 101 Å². The molecule has 5 aromatic rings. The van der Waals surface area contributed by atoms with E-state index in [1.807, 2.05) is 36.4 Å². The zero-order valence-electron chi connectivity index (χ0n) is 21.5. The minimum atomic E-state index is -0.426. The predicted octanol–water partition coefficient (Wildman–Crippen LogP) is 5.37. The highest BCUT2D eigenvalue weighted by atomic mass is 16.7. The maximum atomic E-state index is 13.6. The van der Waals surface area contributed by atoms with Crippen molar-refractivity contribution in [3.05, 3.63) is 81.7 Å². The van der Waals surface area contributed by atoms with Gasteiger partial charge < -0.3 is 18.6 Å². The van der Waals surface area contributed by atoms with Gasteiger partial charge in [-0.05, 0) is 42.2 Å². The van der Waals surface area contributed by atoms with Crippen molar-refractivity contribution in [3.63, 3.8) is 0 Å². The van der Waals surface area contributed by atoms with Crippen molar-refractivity contribution >= 4 is 16.6 Å². The van der Waals surface area contributed by atoms with Gasteiger partial charge in [-0.2, -0.15) is 0 Å². The zero-order chi connectivity index (χ0) is 26.2. The summed E-state index contributed by atoms with van der Waals surface area (Å²) in [7, 11) is 0. The fourth-order valence-corrected chi connectivity index (χ4v) is 5.41. The maximum Gasteiger partial charge on any atom is 0.343 e. The van der Waals surface area contributed by atoms with Crippen molar-refractivity contribution in [2.75, 3.05) is 6.79 Å². The molecule has 0 radical (unpaired) electrons. The Bertz CT molecular complexity index is 1800. The molecule has 3 aromatic heterocycles. The fourth-order valence-electron chi connectivity index (χ4n) is 5.41. The van der Waals surface area contributed by atoms with Crippen LogP contribution in [0.15, 0.2) is 58.0 Å². The summed E-state index contributed by atoms with van der Waals surface area (Å²) in [5.74, 6) is 2.61. The molecular weight excluding hydrogens is 484 g/mol. The second kappa shape index (κ2) is 8.05. The maximum absolute atomic E-state index is 13.6. The van der Waals surface area contributed by atoms with Crippen LogP contribution in [0.1, 0.15) is 56.1 Å². The van der Waals surface area contributed by atoms with E-state index in [4.69, 9.17) is 28.7 Å². The number of aromatic nitrogens is 4. The normalized spacial score (nSPS) is 16.8. The molecule has 7 rings (SSSR count). The molecule has 9 nitrogen and oxygen atoms in total. The van der Waals surface area contributed by atoms with E-state index in [1.165, 1.54) is 0 Å². The van der Waals surface area contributed by atoms with E-state index in [2.05, 4.69) is 32.7 Å². The SMILES string of the molecule is CC(Cc1ccc2c(c1)OCO2)C1c2c(c3ccccc3oc2=O)Oc2ncn3nc(C(C)(C)C)nc3c21. The largest absolute Gasteiger partial charge is 0.454 e. The van der Waals surface area contributed by atoms with E-state index in [9.17, 15) is 4.79 Å². The lowest BCUT2D eigenvalue weighted by atomic mass is 9.78. The number of para-hydroxylation sites is 1. The Hall–Kier alpha value is -4.40. The number of hydrogen-bond acceptors (Lipinski definition) is 8. The van der Waals surface area contributed by atoms with E-state index >= 15 is 0 Å². The summed E-state index contributed by atoms with van der Waals surface area (Å²) in [6.07, 6.45) is 2.28. The van der Waals surface area contributed by atoms with E-state index in [-0.39, 0.29) is 18.1 Å². The molecule has 0 aliphatic carbocycles. The van der Waals surface area contributed by atoms with Gasteiger partial charge in [-0.25, -0.2) is 19.3 Å². The van der Waals surface area contributed by atoms with Crippen LogP contribution in [0.2, 0.25) is 0 Å². The highest BCUT2D eigenvalue weighted by Crippen LogP contribution is 2.49. The second-order valence-electron chi connectivity index (χ2n) is 11.0. The number of rotatable bonds is 3. The highest BCUT2D eigenvalue weighted by molar-refractivity contribution is 5.86. The van der Waals surface area contributed by atoms with Crippen LogP contribution >= 0.6 is 0 Å². The molecule has 0 saturated heterocycles. The van der Waals surface area contributed by atoms with Gasteiger partial charge in [0.1, 0.15) is 11.9 Å². The van der Waals surface area contributed by atoms with Gasteiger partial charge in [0.15, 0.2) is 28.7 Å². The molecule has 2 aliphatic rings. The Balaban J connectivity index is 1.44. The summed E-state index contributed by atoms with van der Waals surface area (Å²) in [6.45, 7) is 8.53. The molecule has 0 amide bonds. The first-order valence-electron chi connectivity index (χ1n) is 12.7. The van der Waals surface area contributed by atoms with Crippen molar-refractivity contribution < 1.29 is 18.6 Å². The third-order valence-corrected chi connectivity index (χ3v) is 7.24. The Morgan fingerprint density at radius 3 is 2.74 bits per heavy atom. The van der Waals surface area contributed by atoms with E-state index in [0.717, 1.165) is 28.0 Å². The molecule has 0 saturated carbocycles. The summed E-state index contributed by atoms with van der Waals surface area (Å²) in [5, 5.41) is 5.42. The lowest BCUT2D eigenvalue weighted by molar-refractivity contribution is 0.174. The molecule has 0 bridgehead atoms. The van der Waals surface area contributed by atoms with Crippen LogP contribution in [0.4, 0.5) is 0 Å². The van der Waals surface area contributed by atoms with E-state index in [1.54, 1.807) is 16.9 Å². The molecule has 9 heteroatoms. The van der Waals surface area contributed by atoms with Crippen molar-refractivity contribution in [2.45, 2.75) is 45.4 Å². The zero-order valence-corrected chi connectivity index (χ0v) is 21.5. The standard InChI is InChI=1S/C29H26N4O5/c1-15(11-16-9-10-19-20(12-16)36-14-35-19)21-22-24(17-7-5-6-8-18(17)37-27(22)34)38-26-23(21)25-31-28(29(2,3)4)32-33(25)13-30-26/h5-10,12-13,15,21H,11,14H2,1-4H3. The van der Waals surface area contributed by atoms with Crippen molar-refractivity contribution in [1.82, 2.24) is 19.6 Å². The summed E-state index contributed by atoms with van der Waals surface area (Å²) in [6, 6.07) is 13.3. The Morgan fingerprint density at radius 2 is 1.89 bits per heavy atom. The minimum absolute atomic E-state index is 0.0522. The van der Waals surface area contributed by atoms with Gasteiger partial charge in [-0.3, -0.25) is 0 Å². The molecule has 38 heavy (non-hydrogen) atoms. The van der Waals surface area contributed by atoms with Gasteiger partial charge in [0, 0.05) is 11.3 Å². The molecule has 0 spiro atoms. The van der Waals surface area contributed by atoms with Crippen molar-refractivity contribution in [1.29, 1.82) is 0 Å². The first-order valence-corrected chi connectivity index (χ1v) is 12.7. The van der Waals surface area contributed by atoms with Crippen LogP contribution in [-0.2, 0) is 11.8 Å². The monoisotopic (exact) mass is 510 g/mol. The number of ether oxygens (including phenoxy) is 3. The van der Waals surface area contributed by atoms with Crippen LogP contribution in [0.3, 0.4) is 0 Å². The molecule has 2 unspecified atom stereocenters. The van der Waals surface area contributed by atoms with Gasteiger partial charge in [0.2, 0.25) is 12.7 Å². The van der Waals surface area contributed by atoms with Crippen LogP contribution in [0, 0.1) is 5.92 Å². The lowest BCUT2D eigenvalue weighted by Gasteiger charge is -2.31. The molecule has 192 valence electrons. The Labute approximate surface area is 218 Å². The molecule has 2 aliphatic heterocycles. The van der Waals surface area contributed by atoms with Gasteiger partial charge in [-0.15, -0.1) is 5.10 Å². The smallest absolute Gasteiger partial charge is 0.343 e. The molecule has 2 atom stereocenters. The van der Waals surface area contributed by atoms with Crippen LogP contribution in [0.5, 0.6) is 23.1 Å². The quantitative estimate of drug-likeness (QED) is 0.299. The van der Waals surface area contributed by atoms with Crippen LogP contribution in [-0.4, -0.2) is 26.4 Å². The van der Waals surface area contributed by atoms with E-state index in [0.29, 0.717) is 40.7 Å². The summed E-state index contributed by atoms with van der Waals surface area (Å²) < 4.78 is 24.9.